The summed E-state index contributed by atoms with van der Waals surface area (Å²) in [5, 5.41) is 2.78. The van der Waals surface area contributed by atoms with E-state index in [0.29, 0.717) is 0 Å². The zero-order chi connectivity index (χ0) is 17.7. The largest absolute Gasteiger partial charge is 0.325 e. The number of fused-ring (bicyclic) bond motifs is 1. The predicted octanol–water partition coefficient (Wildman–Crippen LogP) is 2.56. The Morgan fingerprint density at radius 2 is 1.88 bits per heavy atom. The molecule has 3 amide bonds. The Morgan fingerprint density at radius 1 is 1.21 bits per heavy atom. The van der Waals surface area contributed by atoms with Crippen LogP contribution in [0.4, 0.5) is 4.79 Å². The second-order valence-corrected chi connectivity index (χ2v) is 7.96. The smallest absolute Gasteiger partial charge is 0.319 e. The lowest BCUT2D eigenvalue weighted by molar-refractivity contribution is -0.136. The number of amides is 3. The molecule has 24 heavy (non-hydrogen) atoms. The standard InChI is InChI=1S/C19H24N2O3/c1-18(2,3)15(22)11-21-16(23)19(4,20-17(21)24)14-9-8-12-6-5-7-13(12)10-14/h8-10H,5-7,11H2,1-4H3,(H,20,24)/t19-/m1/s1. The molecule has 2 aliphatic rings. The number of carbonyl (C=O) groups excluding carboxylic acids is 3. The fourth-order valence-electron chi connectivity index (χ4n) is 3.30. The molecule has 1 N–H and O–H groups in total. The monoisotopic (exact) mass is 328 g/mol. The number of urea groups is 1. The number of ketones is 1. The molecule has 0 bridgehead atoms. The first-order valence-electron chi connectivity index (χ1n) is 8.42. The SMILES string of the molecule is CC(C)(C)C(=O)CN1C(=O)N[C@](C)(c2ccc3c(c2)CCC3)C1=O. The summed E-state index contributed by atoms with van der Waals surface area (Å²) in [5.74, 6) is -0.493. The van der Waals surface area contributed by atoms with E-state index in [-0.39, 0.29) is 18.2 Å². The van der Waals surface area contributed by atoms with E-state index in [0.717, 1.165) is 29.7 Å². The summed E-state index contributed by atoms with van der Waals surface area (Å²) in [6.45, 7) is 6.88. The number of hydrogen-bond acceptors (Lipinski definition) is 3. The van der Waals surface area contributed by atoms with Crippen LogP contribution in [0.15, 0.2) is 18.2 Å². The molecule has 0 unspecified atom stereocenters. The Balaban J connectivity index is 1.88. The summed E-state index contributed by atoms with van der Waals surface area (Å²) in [7, 11) is 0. The van der Waals surface area contributed by atoms with Gasteiger partial charge in [0.05, 0.1) is 6.54 Å². The van der Waals surface area contributed by atoms with E-state index in [1.54, 1.807) is 27.7 Å². The number of Topliss-reactive ketones (excluding diaryl/α,β-unsaturated/α-hetero) is 1. The summed E-state index contributed by atoms with van der Waals surface area (Å²) in [6.07, 6.45) is 3.20. The van der Waals surface area contributed by atoms with Crippen molar-refractivity contribution in [3.63, 3.8) is 0 Å². The number of benzene rings is 1. The maximum atomic E-state index is 12.9. The Kier molecular flexibility index (Phi) is 3.78. The van der Waals surface area contributed by atoms with Crippen LogP contribution in [0.3, 0.4) is 0 Å². The molecule has 5 nitrogen and oxygen atoms in total. The summed E-state index contributed by atoms with van der Waals surface area (Å²) in [4.78, 5) is 38.5. The van der Waals surface area contributed by atoms with Gasteiger partial charge in [-0.15, -0.1) is 0 Å². The third kappa shape index (κ3) is 2.62. The fourth-order valence-corrected chi connectivity index (χ4v) is 3.30. The molecule has 1 atom stereocenters. The van der Waals surface area contributed by atoms with Crippen molar-refractivity contribution in [2.75, 3.05) is 6.54 Å². The van der Waals surface area contributed by atoms with Crippen LogP contribution >= 0.6 is 0 Å². The van der Waals surface area contributed by atoms with Gasteiger partial charge in [0.2, 0.25) is 0 Å². The first-order chi connectivity index (χ1) is 11.1. The van der Waals surface area contributed by atoms with Crippen LogP contribution in [-0.2, 0) is 28.0 Å². The minimum atomic E-state index is -1.10. The molecule has 0 spiro atoms. The normalized spacial score (nSPS) is 23.4. The highest BCUT2D eigenvalue weighted by molar-refractivity contribution is 6.09. The molecule has 1 fully saturated rings. The minimum absolute atomic E-state index is 0.135. The Hall–Kier alpha value is -2.17. The number of hydrogen-bond donors (Lipinski definition) is 1. The van der Waals surface area contributed by atoms with Gasteiger partial charge in [-0.3, -0.25) is 14.5 Å². The summed E-state index contributed by atoms with van der Waals surface area (Å²) in [5.41, 5.74) is 1.66. The molecule has 1 aromatic rings. The first kappa shape index (κ1) is 16.7. The van der Waals surface area contributed by atoms with Crippen molar-refractivity contribution in [2.24, 2.45) is 5.41 Å². The number of carbonyl (C=O) groups is 3. The van der Waals surface area contributed by atoms with Crippen molar-refractivity contribution in [1.82, 2.24) is 10.2 Å². The summed E-state index contributed by atoms with van der Waals surface area (Å²) >= 11 is 0. The average molecular weight is 328 g/mol. The number of nitrogens with one attached hydrogen (secondary N) is 1. The van der Waals surface area contributed by atoms with Crippen LogP contribution < -0.4 is 5.32 Å². The number of nitrogens with zero attached hydrogens (tertiary/aromatic N) is 1. The lowest BCUT2D eigenvalue weighted by Gasteiger charge is -2.24. The number of aryl methyl sites for hydroxylation is 2. The maximum Gasteiger partial charge on any atom is 0.325 e. The van der Waals surface area contributed by atoms with Gasteiger partial charge >= 0.3 is 6.03 Å². The maximum absolute atomic E-state index is 12.9. The van der Waals surface area contributed by atoms with Gasteiger partial charge in [0.1, 0.15) is 5.54 Å². The van der Waals surface area contributed by atoms with Crippen molar-refractivity contribution in [3.05, 3.63) is 34.9 Å². The average Bonchev–Trinajstić information content (AvgIpc) is 3.04. The van der Waals surface area contributed by atoms with Gasteiger partial charge in [-0.1, -0.05) is 39.0 Å². The van der Waals surface area contributed by atoms with E-state index in [2.05, 4.69) is 5.32 Å². The molecule has 1 aliphatic heterocycles. The number of rotatable bonds is 3. The molecular formula is C19H24N2O3. The Bertz CT molecular complexity index is 733. The highest BCUT2D eigenvalue weighted by Crippen LogP contribution is 2.33. The number of imide groups is 1. The third-order valence-electron chi connectivity index (χ3n) is 5.09. The molecule has 128 valence electrons. The van der Waals surface area contributed by atoms with Gasteiger partial charge < -0.3 is 5.32 Å². The second kappa shape index (κ2) is 5.43. The van der Waals surface area contributed by atoms with E-state index in [9.17, 15) is 14.4 Å². The first-order valence-corrected chi connectivity index (χ1v) is 8.42. The van der Waals surface area contributed by atoms with E-state index in [1.807, 2.05) is 18.2 Å². The molecule has 3 rings (SSSR count). The van der Waals surface area contributed by atoms with Crippen molar-refractivity contribution < 1.29 is 14.4 Å². The van der Waals surface area contributed by atoms with Crippen molar-refractivity contribution in [2.45, 2.75) is 52.5 Å². The third-order valence-corrected chi connectivity index (χ3v) is 5.09. The lowest BCUT2D eigenvalue weighted by atomic mass is 9.88. The van der Waals surface area contributed by atoms with Gasteiger partial charge in [-0.05, 0) is 42.9 Å². The van der Waals surface area contributed by atoms with E-state index in [4.69, 9.17) is 0 Å². The Labute approximate surface area is 142 Å². The molecule has 1 heterocycles. The lowest BCUT2D eigenvalue weighted by Crippen LogP contribution is -2.42. The summed E-state index contributed by atoms with van der Waals surface area (Å²) in [6, 6.07) is 5.49. The van der Waals surface area contributed by atoms with Crippen molar-refractivity contribution >= 4 is 17.7 Å². The summed E-state index contributed by atoms with van der Waals surface area (Å²) < 4.78 is 0. The van der Waals surface area contributed by atoms with E-state index in [1.165, 1.54) is 11.1 Å². The van der Waals surface area contributed by atoms with Crippen molar-refractivity contribution in [3.8, 4) is 0 Å². The zero-order valence-corrected chi connectivity index (χ0v) is 14.7. The highest BCUT2D eigenvalue weighted by Gasteiger charge is 2.50. The molecule has 0 radical (unpaired) electrons. The Morgan fingerprint density at radius 3 is 2.54 bits per heavy atom. The van der Waals surface area contributed by atoms with Gasteiger partial charge in [-0.2, -0.15) is 0 Å². The zero-order valence-electron chi connectivity index (χ0n) is 14.7. The molecule has 1 aliphatic carbocycles. The fraction of sp³-hybridized carbons (Fsp3) is 0.526. The van der Waals surface area contributed by atoms with Crippen LogP contribution in [-0.4, -0.2) is 29.2 Å². The van der Waals surface area contributed by atoms with Crippen molar-refractivity contribution in [1.29, 1.82) is 0 Å². The van der Waals surface area contributed by atoms with E-state index >= 15 is 0 Å². The van der Waals surface area contributed by atoms with E-state index < -0.39 is 17.0 Å². The second-order valence-electron chi connectivity index (χ2n) is 7.96. The van der Waals surface area contributed by atoms with Crippen LogP contribution in [0, 0.1) is 5.41 Å². The van der Waals surface area contributed by atoms with Gasteiger partial charge in [-0.25, -0.2) is 4.79 Å². The van der Waals surface area contributed by atoms with Gasteiger partial charge in [0, 0.05) is 5.41 Å². The van der Waals surface area contributed by atoms with Crippen LogP contribution in [0.25, 0.3) is 0 Å². The quantitative estimate of drug-likeness (QED) is 0.867. The molecule has 5 heteroatoms. The molecular weight excluding hydrogens is 304 g/mol. The van der Waals surface area contributed by atoms with Crippen LogP contribution in [0.2, 0.25) is 0 Å². The van der Waals surface area contributed by atoms with Gasteiger partial charge in [0.25, 0.3) is 5.91 Å². The predicted molar refractivity (Wildman–Crippen MR) is 90.5 cm³/mol. The highest BCUT2D eigenvalue weighted by atomic mass is 16.2. The van der Waals surface area contributed by atoms with Crippen LogP contribution in [0.1, 0.15) is 50.8 Å². The molecule has 1 saturated heterocycles. The van der Waals surface area contributed by atoms with Gasteiger partial charge in [0.15, 0.2) is 5.78 Å². The van der Waals surface area contributed by atoms with Crippen LogP contribution in [0.5, 0.6) is 0 Å². The molecule has 0 saturated carbocycles. The molecule has 1 aromatic carbocycles. The molecule has 0 aromatic heterocycles. The minimum Gasteiger partial charge on any atom is -0.319 e. The topological polar surface area (TPSA) is 66.5 Å².